The molecule has 0 saturated carbocycles. The van der Waals surface area contributed by atoms with E-state index in [0.29, 0.717) is 125 Å². The first-order valence-corrected chi connectivity index (χ1v) is 18.9. The maximum absolute atomic E-state index is 12.1. The van der Waals surface area contributed by atoms with E-state index >= 15 is 0 Å². The van der Waals surface area contributed by atoms with Crippen molar-refractivity contribution >= 4 is 17.9 Å². The van der Waals surface area contributed by atoms with Crippen molar-refractivity contribution < 1.29 is 71.6 Å². The summed E-state index contributed by atoms with van der Waals surface area (Å²) in [5.74, 6) is -1.06. The van der Waals surface area contributed by atoms with Gasteiger partial charge in [-0.15, -0.1) is 0 Å². The van der Waals surface area contributed by atoms with E-state index in [-0.39, 0.29) is 70.8 Å². The first kappa shape index (κ1) is 50.9. The largest absolute Gasteiger partial charge is 0.463 e. The first-order chi connectivity index (χ1) is 26.0. The zero-order chi connectivity index (χ0) is 38.7. The minimum Gasteiger partial charge on any atom is -0.463 e. The SMILES string of the molecule is CCOCCOCCOC(=O)CCN(CCO)CCC(=O)OCCOCCOCCOCCOC(=O)CCNCCCOCCOCCOCCCN. The topological polar surface area (TPSA) is 214 Å². The molecule has 0 unspecified atom stereocenters. The third-order valence-corrected chi connectivity index (χ3v) is 6.86. The van der Waals surface area contributed by atoms with Crippen molar-refractivity contribution in [1.82, 2.24) is 10.2 Å². The van der Waals surface area contributed by atoms with Crippen molar-refractivity contribution in [1.29, 1.82) is 0 Å². The van der Waals surface area contributed by atoms with Crippen LogP contribution in [0.4, 0.5) is 0 Å². The molecule has 0 fully saturated rings. The van der Waals surface area contributed by atoms with Crippen LogP contribution in [0.2, 0.25) is 0 Å². The van der Waals surface area contributed by atoms with E-state index in [1.54, 1.807) is 4.90 Å². The summed E-state index contributed by atoms with van der Waals surface area (Å²) in [6.45, 7) is 12.4. The number of nitrogens with one attached hydrogen (secondary N) is 1. The van der Waals surface area contributed by atoms with Crippen LogP contribution >= 0.6 is 0 Å². The van der Waals surface area contributed by atoms with Crippen molar-refractivity contribution in [3.63, 3.8) is 0 Å². The number of aliphatic hydroxyl groups is 1. The van der Waals surface area contributed by atoms with Gasteiger partial charge in [0.15, 0.2) is 0 Å². The lowest BCUT2D eigenvalue weighted by atomic mass is 10.3. The van der Waals surface area contributed by atoms with Gasteiger partial charge in [0.25, 0.3) is 0 Å². The highest BCUT2D eigenvalue weighted by molar-refractivity contribution is 5.70. The monoisotopic (exact) mass is 771 g/mol. The number of hydrogen-bond acceptors (Lipinski definition) is 18. The molecular formula is C35H69N3O15. The summed E-state index contributed by atoms with van der Waals surface area (Å²) in [5, 5.41) is 12.5. The molecular weight excluding hydrogens is 702 g/mol. The number of nitrogens with two attached hydrogens (primary N) is 1. The number of nitrogens with zero attached hydrogens (tertiary/aromatic N) is 1. The summed E-state index contributed by atoms with van der Waals surface area (Å²) in [7, 11) is 0. The Balaban J connectivity index is 3.48. The quantitative estimate of drug-likeness (QED) is 0.0407. The smallest absolute Gasteiger partial charge is 0.307 e. The summed E-state index contributed by atoms with van der Waals surface area (Å²) in [4.78, 5) is 37.6. The van der Waals surface area contributed by atoms with Gasteiger partial charge in [0.05, 0.1) is 112 Å². The second-order valence-corrected chi connectivity index (χ2v) is 11.2. The number of carbonyl (C=O) groups is 3. The molecule has 0 rings (SSSR count). The Morgan fingerprint density at radius 1 is 0.491 bits per heavy atom. The van der Waals surface area contributed by atoms with Crippen LogP contribution in [0.15, 0.2) is 0 Å². The molecule has 0 spiro atoms. The Hall–Kier alpha value is -2.07. The zero-order valence-electron chi connectivity index (χ0n) is 32.1. The van der Waals surface area contributed by atoms with Gasteiger partial charge in [-0.3, -0.25) is 19.3 Å². The molecule has 314 valence electrons. The van der Waals surface area contributed by atoms with Gasteiger partial charge in [-0.25, -0.2) is 0 Å². The molecule has 0 aliphatic heterocycles. The number of ether oxygens (including phenoxy) is 11. The minimum absolute atomic E-state index is 0.0986. The van der Waals surface area contributed by atoms with Gasteiger partial charge in [0.1, 0.15) is 19.8 Å². The fourth-order valence-electron chi connectivity index (χ4n) is 4.08. The summed E-state index contributed by atoms with van der Waals surface area (Å²) < 4.78 is 58.4. The summed E-state index contributed by atoms with van der Waals surface area (Å²) >= 11 is 0. The normalized spacial score (nSPS) is 11.3. The van der Waals surface area contributed by atoms with Crippen molar-refractivity contribution in [3.05, 3.63) is 0 Å². The van der Waals surface area contributed by atoms with Crippen LogP contribution in [-0.4, -0.2) is 199 Å². The van der Waals surface area contributed by atoms with Crippen LogP contribution in [-0.2, 0) is 66.5 Å². The van der Waals surface area contributed by atoms with E-state index < -0.39 is 5.97 Å². The minimum atomic E-state index is -0.397. The van der Waals surface area contributed by atoms with Crippen LogP contribution in [0, 0.1) is 0 Å². The lowest BCUT2D eigenvalue weighted by Crippen LogP contribution is -2.32. The van der Waals surface area contributed by atoms with E-state index in [4.69, 9.17) is 57.8 Å². The Morgan fingerprint density at radius 2 is 0.868 bits per heavy atom. The molecule has 0 bridgehead atoms. The number of carbonyl (C=O) groups excluding carboxylic acids is 3. The van der Waals surface area contributed by atoms with Gasteiger partial charge in [0.2, 0.25) is 0 Å². The number of hydrogen-bond donors (Lipinski definition) is 3. The van der Waals surface area contributed by atoms with Gasteiger partial charge in [0, 0.05) is 46.0 Å². The molecule has 18 heteroatoms. The average molecular weight is 772 g/mol. The third kappa shape index (κ3) is 40.9. The highest BCUT2D eigenvalue weighted by atomic mass is 16.6. The van der Waals surface area contributed by atoms with Crippen LogP contribution < -0.4 is 11.1 Å². The highest BCUT2D eigenvalue weighted by Crippen LogP contribution is 1.99. The maximum atomic E-state index is 12.1. The predicted molar refractivity (Wildman–Crippen MR) is 194 cm³/mol. The van der Waals surface area contributed by atoms with Crippen molar-refractivity contribution in [2.24, 2.45) is 5.73 Å². The third-order valence-electron chi connectivity index (χ3n) is 6.86. The molecule has 0 aromatic rings. The van der Waals surface area contributed by atoms with E-state index in [1.807, 2.05) is 6.92 Å². The van der Waals surface area contributed by atoms with Crippen molar-refractivity contribution in [3.8, 4) is 0 Å². The second-order valence-electron chi connectivity index (χ2n) is 11.2. The average Bonchev–Trinajstić information content (AvgIpc) is 3.15. The Bertz CT molecular complexity index is 817. The van der Waals surface area contributed by atoms with Crippen LogP contribution in [0.25, 0.3) is 0 Å². The van der Waals surface area contributed by atoms with Crippen molar-refractivity contribution in [2.45, 2.75) is 39.0 Å². The molecule has 0 atom stereocenters. The van der Waals surface area contributed by atoms with E-state index in [9.17, 15) is 19.5 Å². The molecule has 4 N–H and O–H groups in total. The molecule has 0 heterocycles. The van der Waals surface area contributed by atoms with Gasteiger partial charge in [-0.1, -0.05) is 0 Å². The Kier molecular flexibility index (Phi) is 41.0. The van der Waals surface area contributed by atoms with Gasteiger partial charge in [-0.2, -0.15) is 0 Å². The molecule has 53 heavy (non-hydrogen) atoms. The summed E-state index contributed by atoms with van der Waals surface area (Å²) in [6.07, 6.45) is 2.22. The molecule has 18 nitrogen and oxygen atoms in total. The predicted octanol–water partition coefficient (Wildman–Crippen LogP) is -0.438. The molecule has 0 aliphatic carbocycles. The molecule has 0 aliphatic rings. The fourth-order valence-corrected chi connectivity index (χ4v) is 4.08. The summed E-state index contributed by atoms with van der Waals surface area (Å²) in [6, 6.07) is 0. The number of rotatable bonds is 43. The molecule has 0 amide bonds. The molecule has 0 aromatic carbocycles. The van der Waals surface area contributed by atoms with E-state index in [2.05, 4.69) is 5.32 Å². The lowest BCUT2D eigenvalue weighted by Gasteiger charge is -2.20. The number of esters is 3. The van der Waals surface area contributed by atoms with Crippen LogP contribution in [0.1, 0.15) is 39.0 Å². The van der Waals surface area contributed by atoms with Crippen LogP contribution in [0.3, 0.4) is 0 Å². The fraction of sp³-hybridized carbons (Fsp3) is 0.914. The van der Waals surface area contributed by atoms with Gasteiger partial charge >= 0.3 is 17.9 Å². The maximum Gasteiger partial charge on any atom is 0.307 e. The Morgan fingerprint density at radius 3 is 1.28 bits per heavy atom. The molecule has 0 saturated heterocycles. The van der Waals surface area contributed by atoms with Crippen molar-refractivity contribution in [2.75, 3.05) is 171 Å². The standard InChI is InChI=1S/C35H69N3O15/c1-2-43-17-18-48-28-31-52-34(41)6-11-38(13-14-39)12-7-35(42)53-32-29-50-26-24-47-23-25-49-27-30-51-33(40)5-10-37-9-4-16-45-20-22-46-21-19-44-15-3-8-36/h37,39H,2-32,36H2,1H3. The highest BCUT2D eigenvalue weighted by Gasteiger charge is 2.12. The van der Waals surface area contributed by atoms with E-state index in [0.717, 1.165) is 19.4 Å². The van der Waals surface area contributed by atoms with E-state index in [1.165, 1.54) is 0 Å². The Labute approximate surface area is 315 Å². The molecule has 0 radical (unpaired) electrons. The lowest BCUT2D eigenvalue weighted by molar-refractivity contribution is -0.146. The summed E-state index contributed by atoms with van der Waals surface area (Å²) in [5.41, 5.74) is 5.39. The second kappa shape index (κ2) is 42.7. The molecule has 0 aromatic heterocycles. The zero-order valence-corrected chi connectivity index (χ0v) is 32.1. The van der Waals surface area contributed by atoms with Gasteiger partial charge < -0.3 is 68.3 Å². The van der Waals surface area contributed by atoms with Gasteiger partial charge in [-0.05, 0) is 32.9 Å². The number of aliphatic hydroxyl groups excluding tert-OH is 1. The first-order valence-electron chi connectivity index (χ1n) is 18.9. The van der Waals surface area contributed by atoms with Crippen LogP contribution in [0.5, 0.6) is 0 Å².